The molecule has 3 aliphatic rings. The first kappa shape index (κ1) is 41.9. The Bertz CT molecular complexity index is 2290. The van der Waals surface area contributed by atoms with Gasteiger partial charge in [0.25, 0.3) is 0 Å². The molecule has 0 aromatic heterocycles. The second-order valence-electron chi connectivity index (χ2n) is 17.8. The number of fused-ring (bicyclic) bond motifs is 2. The van der Waals surface area contributed by atoms with Crippen molar-refractivity contribution in [2.75, 3.05) is 6.61 Å². The van der Waals surface area contributed by atoms with E-state index in [1.807, 2.05) is 36.4 Å². The lowest BCUT2D eigenvalue weighted by molar-refractivity contribution is 0.0974. The first-order valence-corrected chi connectivity index (χ1v) is 23.4. The van der Waals surface area contributed by atoms with Crippen LogP contribution in [0.3, 0.4) is 0 Å². The zero-order chi connectivity index (χ0) is 41.8. The first-order chi connectivity index (χ1) is 29.2. The van der Waals surface area contributed by atoms with E-state index in [-0.39, 0.29) is 34.0 Å². The lowest BCUT2D eigenvalue weighted by atomic mass is 9.69. The van der Waals surface area contributed by atoms with Crippen molar-refractivity contribution >= 4 is 23.3 Å². The number of hydrogen-bond donors (Lipinski definition) is 1. The quantitative estimate of drug-likeness (QED) is 0.118. The van der Waals surface area contributed by atoms with E-state index in [0.717, 1.165) is 76.5 Å². The van der Waals surface area contributed by atoms with Gasteiger partial charge in [0.2, 0.25) is 0 Å². The molecule has 8 rings (SSSR count). The molecule has 0 saturated heterocycles. The molecule has 0 bridgehead atoms. The molecule has 0 heterocycles. The van der Waals surface area contributed by atoms with Gasteiger partial charge in [0.15, 0.2) is 23.1 Å². The fraction of sp³-hybridized carbons (Fsp3) is 0.407. The van der Waals surface area contributed by atoms with Gasteiger partial charge in [0, 0.05) is 20.9 Å². The average Bonchev–Trinajstić information content (AvgIpc) is 3.27. The Morgan fingerprint density at radius 3 is 1.87 bits per heavy atom. The number of carbonyl (C=O) groups excluding carboxylic acids is 2. The van der Waals surface area contributed by atoms with Gasteiger partial charge in [-0.25, -0.2) is 0 Å². The SMILES string of the molecule is CCCCc1ccc(Oc2cc(Sc3ccc(-c4cc(C)c(OCC5CCC(C6CCC(CCC)CC6)CC5)c(C)c4)cc3)c3c(c2O)C(=O)c2ccccc2C3=O)cc1. The van der Waals surface area contributed by atoms with Crippen molar-refractivity contribution in [3.63, 3.8) is 0 Å². The lowest BCUT2D eigenvalue weighted by Crippen LogP contribution is -2.27. The number of benzene rings is 5. The van der Waals surface area contributed by atoms with E-state index in [4.69, 9.17) is 9.47 Å². The molecular formula is C54H60O5S. The van der Waals surface area contributed by atoms with Crippen LogP contribution in [-0.4, -0.2) is 23.3 Å². The number of hydrogen-bond acceptors (Lipinski definition) is 6. The number of aryl methyl sites for hydroxylation is 3. The topological polar surface area (TPSA) is 72.8 Å². The molecule has 2 saturated carbocycles. The molecule has 2 fully saturated rings. The summed E-state index contributed by atoms with van der Waals surface area (Å²) >= 11 is 1.39. The van der Waals surface area contributed by atoms with Crippen LogP contribution in [0.4, 0.5) is 0 Å². The monoisotopic (exact) mass is 820 g/mol. The summed E-state index contributed by atoms with van der Waals surface area (Å²) in [6, 6.07) is 29.0. The number of unbranched alkanes of at least 4 members (excludes halogenated alkanes) is 1. The molecular weight excluding hydrogens is 761 g/mol. The Hall–Kier alpha value is -4.81. The smallest absolute Gasteiger partial charge is 0.198 e. The Balaban J connectivity index is 0.961. The fourth-order valence-corrected chi connectivity index (χ4v) is 11.2. The van der Waals surface area contributed by atoms with Gasteiger partial charge < -0.3 is 14.6 Å². The van der Waals surface area contributed by atoms with Gasteiger partial charge in [-0.15, -0.1) is 0 Å². The van der Waals surface area contributed by atoms with Crippen LogP contribution in [-0.2, 0) is 6.42 Å². The lowest BCUT2D eigenvalue weighted by Gasteiger charge is -2.38. The minimum absolute atomic E-state index is 0.0179. The molecule has 60 heavy (non-hydrogen) atoms. The Morgan fingerprint density at radius 1 is 0.667 bits per heavy atom. The summed E-state index contributed by atoms with van der Waals surface area (Å²) in [5.74, 6) is 4.16. The maximum Gasteiger partial charge on any atom is 0.198 e. The highest BCUT2D eigenvalue weighted by molar-refractivity contribution is 7.99. The van der Waals surface area contributed by atoms with Crippen LogP contribution in [0.5, 0.6) is 23.0 Å². The summed E-state index contributed by atoms with van der Waals surface area (Å²) in [6.45, 7) is 9.58. The standard InChI is InChI=1S/C54H60O5S/c1-5-7-11-37-18-26-43(27-19-37)59-47-32-48(49-50(53(47)57)52(56)46-13-9-8-12-45(46)51(49)55)60-44-28-24-41(25-29-44)42-30-34(3)54(35(4)31-42)58-33-38-16-22-40(23-17-38)39-20-14-36(10-6-2)15-21-39/h8-9,12-13,18-19,24-32,36,38-40,57H,5-7,10-11,14-17,20-23,33H2,1-4H3. The second-order valence-corrected chi connectivity index (χ2v) is 18.9. The van der Waals surface area contributed by atoms with E-state index < -0.39 is 5.78 Å². The average molecular weight is 821 g/mol. The molecule has 0 atom stereocenters. The molecule has 0 radical (unpaired) electrons. The normalized spacial score (nSPS) is 20.1. The van der Waals surface area contributed by atoms with Crippen molar-refractivity contribution < 1.29 is 24.2 Å². The summed E-state index contributed by atoms with van der Waals surface area (Å²) in [6.07, 6.45) is 17.1. The van der Waals surface area contributed by atoms with Crippen molar-refractivity contribution in [3.05, 3.63) is 130 Å². The van der Waals surface area contributed by atoms with Crippen LogP contribution >= 0.6 is 11.8 Å². The first-order valence-electron chi connectivity index (χ1n) is 22.6. The Labute approximate surface area is 361 Å². The molecule has 3 aliphatic carbocycles. The molecule has 0 aliphatic heterocycles. The zero-order valence-corrected chi connectivity index (χ0v) is 36.7. The molecule has 1 N–H and O–H groups in total. The van der Waals surface area contributed by atoms with Gasteiger partial charge in [0.1, 0.15) is 11.5 Å². The van der Waals surface area contributed by atoms with E-state index in [1.54, 1.807) is 30.3 Å². The molecule has 5 aromatic rings. The largest absolute Gasteiger partial charge is 0.504 e. The van der Waals surface area contributed by atoms with Gasteiger partial charge in [-0.1, -0.05) is 106 Å². The summed E-state index contributed by atoms with van der Waals surface area (Å²) in [5.41, 5.74) is 6.50. The summed E-state index contributed by atoms with van der Waals surface area (Å²) in [5, 5.41) is 11.6. The van der Waals surface area contributed by atoms with Crippen molar-refractivity contribution in [2.45, 2.75) is 121 Å². The Morgan fingerprint density at radius 2 is 1.27 bits per heavy atom. The number of ether oxygens (including phenoxy) is 2. The van der Waals surface area contributed by atoms with Gasteiger partial charge in [-0.2, -0.15) is 0 Å². The molecule has 6 heteroatoms. The number of rotatable bonds is 14. The summed E-state index contributed by atoms with van der Waals surface area (Å²) in [7, 11) is 0. The predicted octanol–water partition coefficient (Wildman–Crippen LogP) is 14.5. The van der Waals surface area contributed by atoms with Gasteiger partial charge in [-0.05, 0) is 159 Å². The van der Waals surface area contributed by atoms with Crippen LogP contribution in [0, 0.1) is 37.5 Å². The maximum atomic E-state index is 14.0. The third kappa shape index (κ3) is 9.10. The summed E-state index contributed by atoms with van der Waals surface area (Å²) in [4.78, 5) is 29.4. The number of aromatic hydroxyl groups is 1. The van der Waals surface area contributed by atoms with Crippen molar-refractivity contribution in [1.29, 1.82) is 0 Å². The van der Waals surface area contributed by atoms with Crippen molar-refractivity contribution in [3.8, 4) is 34.1 Å². The van der Waals surface area contributed by atoms with Crippen molar-refractivity contribution in [2.24, 2.45) is 23.7 Å². The second kappa shape index (κ2) is 18.8. The van der Waals surface area contributed by atoms with E-state index in [0.29, 0.717) is 22.1 Å². The number of carbonyl (C=O) groups is 2. The highest BCUT2D eigenvalue weighted by Gasteiger charge is 2.36. The maximum absolute atomic E-state index is 14.0. The minimum Gasteiger partial charge on any atom is -0.504 e. The van der Waals surface area contributed by atoms with E-state index in [9.17, 15) is 14.7 Å². The molecule has 0 amide bonds. The summed E-state index contributed by atoms with van der Waals surface area (Å²) < 4.78 is 12.8. The highest BCUT2D eigenvalue weighted by Crippen LogP contribution is 2.47. The predicted molar refractivity (Wildman–Crippen MR) is 243 cm³/mol. The van der Waals surface area contributed by atoms with Crippen LogP contribution < -0.4 is 9.47 Å². The molecule has 5 nitrogen and oxygen atoms in total. The van der Waals surface area contributed by atoms with Crippen LogP contribution in [0.1, 0.15) is 139 Å². The van der Waals surface area contributed by atoms with Gasteiger partial charge in [-0.3, -0.25) is 9.59 Å². The number of ketones is 2. The van der Waals surface area contributed by atoms with Crippen LogP contribution in [0.15, 0.2) is 101 Å². The van der Waals surface area contributed by atoms with E-state index >= 15 is 0 Å². The minimum atomic E-state index is -0.393. The molecule has 5 aromatic carbocycles. The highest BCUT2D eigenvalue weighted by atomic mass is 32.2. The third-order valence-corrected chi connectivity index (χ3v) is 14.6. The number of phenols is 1. The van der Waals surface area contributed by atoms with E-state index in [1.165, 1.54) is 81.5 Å². The van der Waals surface area contributed by atoms with Crippen LogP contribution in [0.2, 0.25) is 0 Å². The fourth-order valence-electron chi connectivity index (χ4n) is 10.2. The Kier molecular flexibility index (Phi) is 13.2. The van der Waals surface area contributed by atoms with E-state index in [2.05, 4.69) is 52.0 Å². The van der Waals surface area contributed by atoms with Crippen LogP contribution in [0.25, 0.3) is 11.1 Å². The molecule has 0 spiro atoms. The molecule has 312 valence electrons. The van der Waals surface area contributed by atoms with Gasteiger partial charge >= 0.3 is 0 Å². The zero-order valence-electron chi connectivity index (χ0n) is 35.9. The molecule has 0 unspecified atom stereocenters. The van der Waals surface area contributed by atoms with Crippen molar-refractivity contribution in [1.82, 2.24) is 0 Å². The van der Waals surface area contributed by atoms with Gasteiger partial charge in [0.05, 0.1) is 17.7 Å². The number of phenolic OH excluding ortho intramolecular Hbond substituents is 1. The third-order valence-electron chi connectivity index (χ3n) is 13.6.